The first-order chi connectivity index (χ1) is 7.86. The minimum atomic E-state index is 0.642. The van der Waals surface area contributed by atoms with Crippen molar-refractivity contribution in [2.24, 2.45) is 5.92 Å². The molecule has 4 heteroatoms. The van der Waals surface area contributed by atoms with Gasteiger partial charge in [-0.2, -0.15) is 5.26 Å². The Morgan fingerprint density at radius 2 is 2.31 bits per heavy atom. The third-order valence-corrected chi connectivity index (χ3v) is 3.30. The van der Waals surface area contributed by atoms with Crippen molar-refractivity contribution in [1.29, 1.82) is 5.26 Å². The van der Waals surface area contributed by atoms with Crippen molar-refractivity contribution in [2.45, 2.75) is 25.8 Å². The summed E-state index contributed by atoms with van der Waals surface area (Å²) in [6.45, 7) is 0.961. The molecule has 0 saturated heterocycles. The third-order valence-electron chi connectivity index (χ3n) is 3.30. The highest BCUT2D eigenvalue weighted by molar-refractivity contribution is 5.75. The first-order valence-electron chi connectivity index (χ1n) is 5.60. The van der Waals surface area contributed by atoms with Crippen molar-refractivity contribution in [1.82, 2.24) is 15.0 Å². The summed E-state index contributed by atoms with van der Waals surface area (Å²) in [5, 5.41) is 17.0. The molecule has 0 spiro atoms. The van der Waals surface area contributed by atoms with E-state index in [0.29, 0.717) is 5.56 Å². The predicted molar refractivity (Wildman–Crippen MR) is 59.6 cm³/mol. The van der Waals surface area contributed by atoms with Crippen molar-refractivity contribution >= 4 is 11.0 Å². The van der Waals surface area contributed by atoms with Crippen LogP contribution < -0.4 is 0 Å². The molecule has 1 fully saturated rings. The molecule has 1 saturated carbocycles. The second-order valence-corrected chi connectivity index (χ2v) is 4.38. The van der Waals surface area contributed by atoms with E-state index in [4.69, 9.17) is 5.26 Å². The molecular formula is C12H12N4. The largest absolute Gasteiger partial charge is 0.244 e. The number of aromatic nitrogens is 3. The van der Waals surface area contributed by atoms with Gasteiger partial charge >= 0.3 is 0 Å². The van der Waals surface area contributed by atoms with Gasteiger partial charge in [0.1, 0.15) is 5.52 Å². The number of rotatable bonds is 2. The van der Waals surface area contributed by atoms with Crippen LogP contribution in [0.5, 0.6) is 0 Å². The predicted octanol–water partition coefficient (Wildman–Crippen LogP) is 2.10. The second-order valence-electron chi connectivity index (χ2n) is 4.38. The van der Waals surface area contributed by atoms with E-state index in [1.807, 2.05) is 16.8 Å². The van der Waals surface area contributed by atoms with Crippen molar-refractivity contribution in [2.75, 3.05) is 0 Å². The van der Waals surface area contributed by atoms with Gasteiger partial charge in [-0.15, -0.1) is 5.10 Å². The molecule has 1 aliphatic rings. The maximum Gasteiger partial charge on any atom is 0.114 e. The summed E-state index contributed by atoms with van der Waals surface area (Å²) in [5.41, 5.74) is 2.49. The minimum absolute atomic E-state index is 0.642. The molecule has 0 atom stereocenters. The molecule has 1 aromatic heterocycles. The molecule has 2 aromatic rings. The van der Waals surface area contributed by atoms with E-state index >= 15 is 0 Å². The van der Waals surface area contributed by atoms with Gasteiger partial charge in [-0.1, -0.05) is 11.6 Å². The van der Waals surface area contributed by atoms with Crippen LogP contribution in [0, 0.1) is 17.2 Å². The lowest BCUT2D eigenvalue weighted by atomic mass is 9.85. The summed E-state index contributed by atoms with van der Waals surface area (Å²) < 4.78 is 1.96. The average Bonchev–Trinajstić information content (AvgIpc) is 2.65. The van der Waals surface area contributed by atoms with Gasteiger partial charge in [-0.25, -0.2) is 4.68 Å². The Bertz CT molecular complexity index is 560. The molecule has 16 heavy (non-hydrogen) atoms. The van der Waals surface area contributed by atoms with E-state index in [9.17, 15) is 0 Å². The molecular weight excluding hydrogens is 200 g/mol. The van der Waals surface area contributed by atoms with Crippen LogP contribution in [0.2, 0.25) is 0 Å². The number of nitrogens with zero attached hydrogens (tertiary/aromatic N) is 4. The van der Waals surface area contributed by atoms with Crippen molar-refractivity contribution in [3.05, 3.63) is 23.8 Å². The summed E-state index contributed by atoms with van der Waals surface area (Å²) in [6.07, 6.45) is 3.95. The smallest absolute Gasteiger partial charge is 0.114 e. The summed E-state index contributed by atoms with van der Waals surface area (Å²) in [7, 11) is 0. The number of nitriles is 1. The van der Waals surface area contributed by atoms with Gasteiger partial charge in [-0.3, -0.25) is 0 Å². The molecule has 80 valence electrons. The maximum absolute atomic E-state index is 8.79. The highest BCUT2D eigenvalue weighted by Crippen LogP contribution is 2.28. The Morgan fingerprint density at radius 1 is 1.44 bits per heavy atom. The normalized spacial score (nSPS) is 15.9. The summed E-state index contributed by atoms with van der Waals surface area (Å²) in [5.74, 6) is 0.764. The van der Waals surface area contributed by atoms with Crippen LogP contribution in [0.15, 0.2) is 18.2 Å². The average molecular weight is 212 g/mol. The van der Waals surface area contributed by atoms with Gasteiger partial charge in [0.15, 0.2) is 0 Å². The second kappa shape index (κ2) is 3.60. The molecule has 4 nitrogen and oxygen atoms in total. The number of benzene rings is 1. The quantitative estimate of drug-likeness (QED) is 0.766. The van der Waals surface area contributed by atoms with E-state index in [-0.39, 0.29) is 0 Å². The number of fused-ring (bicyclic) bond motifs is 1. The van der Waals surface area contributed by atoms with Crippen LogP contribution >= 0.6 is 0 Å². The zero-order chi connectivity index (χ0) is 11.0. The Balaban J connectivity index is 1.97. The topological polar surface area (TPSA) is 54.5 Å². The lowest BCUT2D eigenvalue weighted by Crippen LogP contribution is -2.18. The van der Waals surface area contributed by atoms with Crippen LogP contribution in [0.4, 0.5) is 0 Å². The number of hydrogen-bond donors (Lipinski definition) is 0. The molecule has 0 amide bonds. The SMILES string of the molecule is N#Cc1ccc2c(c1)nnn2CC1CCC1. The summed E-state index contributed by atoms with van der Waals surface area (Å²) in [6, 6.07) is 7.67. The molecule has 0 N–H and O–H groups in total. The third kappa shape index (κ3) is 1.45. The Morgan fingerprint density at radius 3 is 3.00 bits per heavy atom. The van der Waals surface area contributed by atoms with E-state index < -0.39 is 0 Å². The lowest BCUT2D eigenvalue weighted by molar-refractivity contribution is 0.268. The Kier molecular flexibility index (Phi) is 2.10. The maximum atomic E-state index is 8.79. The monoisotopic (exact) mass is 212 g/mol. The highest BCUT2D eigenvalue weighted by atomic mass is 15.4. The first-order valence-corrected chi connectivity index (χ1v) is 5.60. The van der Waals surface area contributed by atoms with Gasteiger partial charge in [0.25, 0.3) is 0 Å². The fourth-order valence-electron chi connectivity index (χ4n) is 2.10. The first kappa shape index (κ1) is 9.34. The van der Waals surface area contributed by atoms with E-state index in [0.717, 1.165) is 23.5 Å². The van der Waals surface area contributed by atoms with Crippen LogP contribution in [0.25, 0.3) is 11.0 Å². The van der Waals surface area contributed by atoms with Gasteiger partial charge in [-0.05, 0) is 37.0 Å². The highest BCUT2D eigenvalue weighted by Gasteiger charge is 2.19. The fourth-order valence-corrected chi connectivity index (χ4v) is 2.10. The zero-order valence-electron chi connectivity index (χ0n) is 8.93. The summed E-state index contributed by atoms with van der Waals surface area (Å²) >= 11 is 0. The van der Waals surface area contributed by atoms with Gasteiger partial charge in [0.2, 0.25) is 0 Å². The van der Waals surface area contributed by atoms with E-state index in [1.54, 1.807) is 6.07 Å². The van der Waals surface area contributed by atoms with E-state index in [1.165, 1.54) is 19.3 Å². The molecule has 3 rings (SSSR count). The Labute approximate surface area is 93.5 Å². The van der Waals surface area contributed by atoms with Crippen LogP contribution in [-0.4, -0.2) is 15.0 Å². The minimum Gasteiger partial charge on any atom is -0.244 e. The molecule has 1 aliphatic carbocycles. The van der Waals surface area contributed by atoms with Gasteiger partial charge < -0.3 is 0 Å². The number of hydrogen-bond acceptors (Lipinski definition) is 3. The van der Waals surface area contributed by atoms with Gasteiger partial charge in [0.05, 0.1) is 17.1 Å². The van der Waals surface area contributed by atoms with Crippen molar-refractivity contribution in [3.8, 4) is 6.07 Å². The van der Waals surface area contributed by atoms with Gasteiger partial charge in [0, 0.05) is 6.54 Å². The molecule has 0 bridgehead atoms. The molecule has 1 aromatic carbocycles. The lowest BCUT2D eigenvalue weighted by Gasteiger charge is -2.24. The molecule has 1 heterocycles. The van der Waals surface area contributed by atoms with Crippen molar-refractivity contribution < 1.29 is 0 Å². The standard InChI is InChI=1S/C12H12N4/c13-7-10-4-5-12-11(6-10)14-15-16(12)8-9-2-1-3-9/h4-6,9H,1-3,8H2. The Hall–Kier alpha value is -1.89. The summed E-state index contributed by atoms with van der Waals surface area (Å²) in [4.78, 5) is 0. The van der Waals surface area contributed by atoms with Crippen LogP contribution in [-0.2, 0) is 6.54 Å². The molecule has 0 aliphatic heterocycles. The van der Waals surface area contributed by atoms with Crippen LogP contribution in [0.1, 0.15) is 24.8 Å². The van der Waals surface area contributed by atoms with Crippen LogP contribution in [0.3, 0.4) is 0 Å². The van der Waals surface area contributed by atoms with Crippen molar-refractivity contribution in [3.63, 3.8) is 0 Å². The van der Waals surface area contributed by atoms with E-state index in [2.05, 4.69) is 16.4 Å². The fraction of sp³-hybridized carbons (Fsp3) is 0.417. The zero-order valence-corrected chi connectivity index (χ0v) is 8.93. The molecule has 0 radical (unpaired) electrons. The molecule has 0 unspecified atom stereocenters.